The molecular formula is C29H31N3O5. The molecule has 0 aliphatic carbocycles. The molecule has 2 unspecified atom stereocenters. The van der Waals surface area contributed by atoms with E-state index in [1.807, 2.05) is 18.2 Å². The van der Waals surface area contributed by atoms with Crippen LogP contribution in [0.25, 0.3) is 17.0 Å². The summed E-state index contributed by atoms with van der Waals surface area (Å²) in [5.41, 5.74) is 5.61. The van der Waals surface area contributed by atoms with E-state index in [-0.39, 0.29) is 17.7 Å². The number of likely N-dealkylation sites (tertiary alicyclic amines) is 1. The van der Waals surface area contributed by atoms with E-state index < -0.39 is 11.9 Å². The fourth-order valence-electron chi connectivity index (χ4n) is 5.53. The molecule has 6 rings (SSSR count). The van der Waals surface area contributed by atoms with Gasteiger partial charge < -0.3 is 14.5 Å². The highest BCUT2D eigenvalue weighted by atomic mass is 16.8. The minimum absolute atomic E-state index is 0.0677. The van der Waals surface area contributed by atoms with Gasteiger partial charge in [-0.25, -0.2) is 10.3 Å². The predicted molar refractivity (Wildman–Crippen MR) is 139 cm³/mol. The Bertz CT molecular complexity index is 1350. The lowest BCUT2D eigenvalue weighted by Crippen LogP contribution is -2.67. The van der Waals surface area contributed by atoms with Crippen molar-refractivity contribution in [3.8, 4) is 5.75 Å². The van der Waals surface area contributed by atoms with Crippen LogP contribution in [0.5, 0.6) is 5.75 Å². The van der Waals surface area contributed by atoms with Crippen molar-refractivity contribution in [3.63, 3.8) is 0 Å². The summed E-state index contributed by atoms with van der Waals surface area (Å²) >= 11 is 0. The van der Waals surface area contributed by atoms with E-state index in [2.05, 4.69) is 46.7 Å². The molecule has 0 bridgehead atoms. The first-order valence-corrected chi connectivity index (χ1v) is 12.9. The standard InChI is InChI=1S/C29H31N3O5/c1-19(23-16-30-24-7-3-2-6-21(23)24)32-17-29(18-32)15-25(33)22-14-20(9-11-26(22)36-29)10-12-27(34)31-37-28-8-4-5-13-35-28/h2-3,6-7,9-12,14,16,19,28,30H,4-5,8,13,15,17-18H2,1H3,(H,31,34)/b12-10+. The summed E-state index contributed by atoms with van der Waals surface area (Å²) in [7, 11) is 0. The van der Waals surface area contributed by atoms with Crippen molar-refractivity contribution in [3.05, 3.63) is 71.4 Å². The third-order valence-electron chi connectivity index (χ3n) is 7.57. The molecule has 2 saturated heterocycles. The molecule has 2 atom stereocenters. The van der Waals surface area contributed by atoms with Gasteiger partial charge in [0, 0.05) is 55.3 Å². The van der Waals surface area contributed by atoms with E-state index in [1.54, 1.807) is 12.1 Å². The van der Waals surface area contributed by atoms with E-state index in [9.17, 15) is 9.59 Å². The summed E-state index contributed by atoms with van der Waals surface area (Å²) in [5.74, 6) is 0.292. The predicted octanol–water partition coefficient (Wildman–Crippen LogP) is 4.54. The van der Waals surface area contributed by atoms with Gasteiger partial charge in [-0.05, 0) is 55.2 Å². The van der Waals surface area contributed by atoms with Gasteiger partial charge in [0.1, 0.15) is 11.4 Å². The Morgan fingerprint density at radius 3 is 2.95 bits per heavy atom. The molecule has 8 heteroatoms. The molecule has 3 aliphatic rings. The second kappa shape index (κ2) is 9.78. The first kappa shape index (κ1) is 23.9. The third kappa shape index (κ3) is 4.80. The number of ketones is 1. The molecule has 3 aromatic rings. The van der Waals surface area contributed by atoms with E-state index in [0.29, 0.717) is 37.4 Å². The van der Waals surface area contributed by atoms with Gasteiger partial charge >= 0.3 is 0 Å². The maximum absolute atomic E-state index is 13.1. The number of nitrogens with one attached hydrogen (secondary N) is 2. The topological polar surface area (TPSA) is 92.9 Å². The molecule has 2 aromatic carbocycles. The molecule has 1 amide bonds. The first-order chi connectivity index (χ1) is 18.0. The number of ether oxygens (including phenoxy) is 2. The van der Waals surface area contributed by atoms with Crippen LogP contribution in [-0.2, 0) is 14.4 Å². The van der Waals surface area contributed by atoms with E-state index in [1.165, 1.54) is 17.0 Å². The van der Waals surface area contributed by atoms with E-state index >= 15 is 0 Å². The Labute approximate surface area is 215 Å². The van der Waals surface area contributed by atoms with Crippen LogP contribution in [0.4, 0.5) is 0 Å². The summed E-state index contributed by atoms with van der Waals surface area (Å²) in [6.07, 6.45) is 7.86. The maximum Gasteiger partial charge on any atom is 0.267 e. The van der Waals surface area contributed by atoms with Crippen molar-refractivity contribution in [2.45, 2.75) is 50.5 Å². The molecule has 8 nitrogen and oxygen atoms in total. The molecule has 1 aromatic heterocycles. The molecule has 2 N–H and O–H groups in total. The molecule has 192 valence electrons. The van der Waals surface area contributed by atoms with E-state index in [0.717, 1.165) is 30.3 Å². The average Bonchev–Trinajstić information content (AvgIpc) is 3.34. The average molecular weight is 502 g/mol. The van der Waals surface area contributed by atoms with Gasteiger partial charge in [-0.3, -0.25) is 14.5 Å². The van der Waals surface area contributed by atoms with Crippen molar-refractivity contribution in [1.82, 2.24) is 15.4 Å². The molecule has 3 aliphatic heterocycles. The second-order valence-corrected chi connectivity index (χ2v) is 10.2. The van der Waals surface area contributed by atoms with Crippen LogP contribution < -0.4 is 10.2 Å². The second-order valence-electron chi connectivity index (χ2n) is 10.2. The summed E-state index contributed by atoms with van der Waals surface area (Å²) in [6, 6.07) is 14.0. The number of Topliss-reactive ketones (excluding diaryl/α,β-unsaturated/α-hetero) is 1. The minimum Gasteiger partial charge on any atom is -0.483 e. The number of aromatic amines is 1. The number of hydroxylamine groups is 1. The Balaban J connectivity index is 1.07. The number of benzene rings is 2. The number of carbonyl (C=O) groups excluding carboxylic acids is 2. The maximum atomic E-state index is 13.1. The number of aromatic nitrogens is 1. The third-order valence-corrected chi connectivity index (χ3v) is 7.57. The highest BCUT2D eigenvalue weighted by Gasteiger charge is 2.51. The van der Waals surface area contributed by atoms with E-state index in [4.69, 9.17) is 14.3 Å². The Morgan fingerprint density at radius 2 is 2.11 bits per heavy atom. The van der Waals surface area contributed by atoms with Crippen LogP contribution in [0.1, 0.15) is 60.1 Å². The van der Waals surface area contributed by atoms with Crippen LogP contribution in [0.3, 0.4) is 0 Å². The Morgan fingerprint density at radius 1 is 1.24 bits per heavy atom. The van der Waals surface area contributed by atoms with Crippen LogP contribution >= 0.6 is 0 Å². The van der Waals surface area contributed by atoms with Crippen molar-refractivity contribution >= 4 is 28.7 Å². The zero-order valence-electron chi connectivity index (χ0n) is 20.9. The number of nitrogens with zero attached hydrogens (tertiary/aromatic N) is 1. The van der Waals surface area contributed by atoms with Gasteiger partial charge in [-0.15, -0.1) is 0 Å². The number of H-pyrrole nitrogens is 1. The van der Waals surface area contributed by atoms with Gasteiger partial charge in [0.2, 0.25) is 0 Å². The highest BCUT2D eigenvalue weighted by Crippen LogP contribution is 2.42. The number of hydrogen-bond donors (Lipinski definition) is 2. The zero-order valence-corrected chi connectivity index (χ0v) is 20.9. The Hall–Kier alpha value is -3.46. The lowest BCUT2D eigenvalue weighted by molar-refractivity contribution is -0.198. The van der Waals surface area contributed by atoms with Crippen LogP contribution in [0, 0.1) is 0 Å². The molecule has 37 heavy (non-hydrogen) atoms. The van der Waals surface area contributed by atoms with Crippen LogP contribution in [0.2, 0.25) is 0 Å². The number of para-hydroxylation sites is 1. The highest BCUT2D eigenvalue weighted by molar-refractivity contribution is 6.01. The fraction of sp³-hybridized carbons (Fsp3) is 0.379. The number of rotatable bonds is 6. The Kier molecular flexibility index (Phi) is 6.32. The van der Waals surface area contributed by atoms with Gasteiger partial charge in [-0.2, -0.15) is 0 Å². The lowest BCUT2D eigenvalue weighted by Gasteiger charge is -2.53. The first-order valence-electron chi connectivity index (χ1n) is 12.9. The van der Waals surface area contributed by atoms with Crippen molar-refractivity contribution in [2.75, 3.05) is 19.7 Å². The normalized spacial score (nSPS) is 22.0. The molecular weight excluding hydrogens is 470 g/mol. The summed E-state index contributed by atoms with van der Waals surface area (Å²) < 4.78 is 11.8. The summed E-state index contributed by atoms with van der Waals surface area (Å²) in [4.78, 5) is 36.2. The number of hydrogen-bond acceptors (Lipinski definition) is 6. The zero-order chi connectivity index (χ0) is 25.4. The largest absolute Gasteiger partial charge is 0.483 e. The number of carbonyl (C=O) groups is 2. The molecule has 0 saturated carbocycles. The molecule has 2 fully saturated rings. The summed E-state index contributed by atoms with van der Waals surface area (Å²) in [6.45, 7) is 4.24. The van der Waals surface area contributed by atoms with Crippen molar-refractivity contribution in [1.29, 1.82) is 0 Å². The van der Waals surface area contributed by atoms with Crippen LogP contribution in [-0.4, -0.2) is 53.2 Å². The minimum atomic E-state index is -0.486. The van der Waals surface area contributed by atoms with Gasteiger partial charge in [-0.1, -0.05) is 24.3 Å². The number of amides is 1. The van der Waals surface area contributed by atoms with Gasteiger partial charge in [0.25, 0.3) is 5.91 Å². The van der Waals surface area contributed by atoms with Crippen LogP contribution in [0.15, 0.2) is 54.7 Å². The summed E-state index contributed by atoms with van der Waals surface area (Å²) in [5, 5.41) is 1.23. The monoisotopic (exact) mass is 501 g/mol. The molecule has 1 spiro atoms. The quantitative estimate of drug-likeness (QED) is 0.381. The fourth-order valence-corrected chi connectivity index (χ4v) is 5.53. The lowest BCUT2D eigenvalue weighted by atomic mass is 9.82. The molecule has 4 heterocycles. The SMILES string of the molecule is CC(c1c[nH]c2ccccc12)N1CC2(CC(=O)c3cc(/C=C/C(=O)NOC4CCCCO4)ccc3O2)C1. The van der Waals surface area contributed by atoms with Crippen molar-refractivity contribution < 1.29 is 23.9 Å². The smallest absolute Gasteiger partial charge is 0.267 e. The molecule has 0 radical (unpaired) electrons. The van der Waals surface area contributed by atoms with Gasteiger partial charge in [0.05, 0.1) is 12.0 Å². The van der Waals surface area contributed by atoms with Gasteiger partial charge in [0.15, 0.2) is 12.1 Å². The van der Waals surface area contributed by atoms with Crippen molar-refractivity contribution in [2.24, 2.45) is 0 Å². The number of fused-ring (bicyclic) bond motifs is 2.